The fraction of sp³-hybridized carbons (Fsp3) is 0.458. The number of hydrogen-bond donors (Lipinski definition) is 1. The van der Waals surface area contributed by atoms with Crippen LogP contribution in [0.3, 0.4) is 0 Å². The summed E-state index contributed by atoms with van der Waals surface area (Å²) < 4.78 is 34.2. The van der Waals surface area contributed by atoms with E-state index in [-0.39, 0.29) is 28.5 Å². The number of benzene rings is 2. The van der Waals surface area contributed by atoms with Crippen LogP contribution in [0.5, 0.6) is 5.75 Å². The van der Waals surface area contributed by atoms with E-state index in [0.29, 0.717) is 23.5 Å². The molecule has 172 valence electrons. The van der Waals surface area contributed by atoms with Crippen LogP contribution in [-0.2, 0) is 21.2 Å². The van der Waals surface area contributed by atoms with Crippen molar-refractivity contribution in [2.24, 2.45) is 0 Å². The minimum atomic E-state index is -3.89. The molecule has 1 aliphatic carbocycles. The Kier molecular flexibility index (Phi) is 6.96. The highest BCUT2D eigenvalue weighted by Crippen LogP contribution is 2.36. The highest BCUT2D eigenvalue weighted by Gasteiger charge is 2.31. The van der Waals surface area contributed by atoms with E-state index >= 15 is 0 Å². The van der Waals surface area contributed by atoms with Crippen LogP contribution in [0.25, 0.3) is 0 Å². The molecule has 0 aromatic heterocycles. The maximum Gasteiger partial charge on any atom is 0.265 e. The molecule has 0 atom stereocenters. The number of sulfonamides is 1. The molecule has 0 radical (unpaired) electrons. The first-order valence-corrected chi connectivity index (χ1v) is 13.0. The van der Waals surface area contributed by atoms with Crippen LogP contribution < -0.4 is 14.4 Å². The van der Waals surface area contributed by atoms with Gasteiger partial charge in [-0.3, -0.25) is 9.10 Å². The van der Waals surface area contributed by atoms with E-state index in [1.54, 1.807) is 13.0 Å². The summed E-state index contributed by atoms with van der Waals surface area (Å²) >= 11 is 6.38. The van der Waals surface area contributed by atoms with Crippen LogP contribution in [0.2, 0.25) is 5.02 Å². The van der Waals surface area contributed by atoms with Crippen LogP contribution in [0.1, 0.15) is 49.7 Å². The predicted octanol–water partition coefficient (Wildman–Crippen LogP) is 4.62. The molecule has 2 aliphatic rings. The Hall–Kier alpha value is -2.25. The molecule has 1 N–H and O–H groups in total. The number of carbonyl (C=O) groups is 1. The number of aryl methyl sites for hydroxylation is 2. The molecular weight excluding hydrogens is 448 g/mol. The molecule has 1 amide bonds. The van der Waals surface area contributed by atoms with Gasteiger partial charge in [0.15, 0.2) is 6.61 Å². The van der Waals surface area contributed by atoms with Crippen molar-refractivity contribution in [3.63, 3.8) is 0 Å². The lowest BCUT2D eigenvalue weighted by Crippen LogP contribution is -2.39. The number of fused-ring (bicyclic) bond motifs is 1. The van der Waals surface area contributed by atoms with Crippen molar-refractivity contribution < 1.29 is 17.9 Å². The Balaban J connectivity index is 1.54. The summed E-state index contributed by atoms with van der Waals surface area (Å²) in [6, 6.07) is 10.7. The lowest BCUT2D eigenvalue weighted by molar-refractivity contribution is -0.124. The predicted molar refractivity (Wildman–Crippen MR) is 126 cm³/mol. The van der Waals surface area contributed by atoms with E-state index in [0.717, 1.165) is 44.1 Å². The number of anilines is 1. The van der Waals surface area contributed by atoms with Gasteiger partial charge in [0.05, 0.1) is 10.7 Å². The maximum atomic E-state index is 13.5. The van der Waals surface area contributed by atoms with E-state index in [2.05, 4.69) is 5.32 Å². The molecular formula is C24H29ClN2O4S. The summed E-state index contributed by atoms with van der Waals surface area (Å²) in [6.45, 7) is 2.02. The standard InChI is InChI=1S/C24H29ClN2O4S/c1-17-14-20(25)23(15-22(17)31-16-24(28)26-19-10-3-2-4-11-19)32(29,30)27-13-7-9-18-8-5-6-12-21(18)27/h5-6,8,12,14-15,19H,2-4,7,9-11,13,16H2,1H3,(H,26,28). The first-order valence-electron chi connectivity index (χ1n) is 11.2. The van der Waals surface area contributed by atoms with Crippen molar-refractivity contribution in [2.45, 2.75) is 62.8 Å². The summed E-state index contributed by atoms with van der Waals surface area (Å²) in [5.41, 5.74) is 2.37. The van der Waals surface area contributed by atoms with Crippen molar-refractivity contribution in [3.8, 4) is 5.75 Å². The molecule has 1 fully saturated rings. The van der Waals surface area contributed by atoms with E-state index in [1.165, 1.54) is 16.8 Å². The smallest absolute Gasteiger partial charge is 0.265 e. The van der Waals surface area contributed by atoms with Gasteiger partial charge in [0, 0.05) is 18.7 Å². The summed E-state index contributed by atoms with van der Waals surface area (Å²) in [4.78, 5) is 12.3. The third-order valence-electron chi connectivity index (χ3n) is 6.19. The van der Waals surface area contributed by atoms with Gasteiger partial charge in [-0.05, 0) is 55.9 Å². The van der Waals surface area contributed by atoms with Gasteiger partial charge in [-0.25, -0.2) is 8.42 Å². The van der Waals surface area contributed by atoms with Gasteiger partial charge in [0.2, 0.25) is 0 Å². The zero-order valence-electron chi connectivity index (χ0n) is 18.3. The Bertz CT molecular complexity index is 1100. The van der Waals surface area contributed by atoms with E-state index in [1.807, 2.05) is 24.3 Å². The van der Waals surface area contributed by atoms with Crippen LogP contribution >= 0.6 is 11.6 Å². The van der Waals surface area contributed by atoms with Crippen molar-refractivity contribution in [3.05, 3.63) is 52.5 Å². The van der Waals surface area contributed by atoms with E-state index in [4.69, 9.17) is 16.3 Å². The Labute approximate surface area is 195 Å². The van der Waals surface area contributed by atoms with Crippen molar-refractivity contribution >= 4 is 33.2 Å². The van der Waals surface area contributed by atoms with Gasteiger partial charge in [0.25, 0.3) is 15.9 Å². The van der Waals surface area contributed by atoms with Crippen LogP contribution in [0, 0.1) is 6.92 Å². The second-order valence-corrected chi connectivity index (χ2v) is 10.8. The SMILES string of the molecule is Cc1cc(Cl)c(S(=O)(=O)N2CCCc3ccccc32)cc1OCC(=O)NC1CCCCC1. The number of halogens is 1. The van der Waals surface area contributed by atoms with Crippen LogP contribution in [-0.4, -0.2) is 33.5 Å². The number of amides is 1. The molecule has 0 saturated heterocycles. The van der Waals surface area contributed by atoms with Crippen molar-refractivity contribution in [1.82, 2.24) is 5.32 Å². The Morgan fingerprint density at radius 1 is 1.16 bits per heavy atom. The van der Waals surface area contributed by atoms with Crippen molar-refractivity contribution in [1.29, 1.82) is 0 Å². The molecule has 2 aromatic rings. The first kappa shape index (κ1) is 22.9. The second-order valence-electron chi connectivity index (χ2n) is 8.55. The number of hydrogen-bond acceptors (Lipinski definition) is 4. The van der Waals surface area contributed by atoms with Gasteiger partial charge in [-0.2, -0.15) is 0 Å². The van der Waals surface area contributed by atoms with E-state index < -0.39 is 10.0 Å². The number of carbonyl (C=O) groups excluding carboxylic acids is 1. The molecule has 1 heterocycles. The third-order valence-corrected chi connectivity index (χ3v) is 8.47. The molecule has 1 aliphatic heterocycles. The van der Waals surface area contributed by atoms with Crippen LogP contribution in [0.4, 0.5) is 5.69 Å². The lowest BCUT2D eigenvalue weighted by atomic mass is 9.95. The topological polar surface area (TPSA) is 75.7 Å². The Morgan fingerprint density at radius 2 is 1.91 bits per heavy atom. The molecule has 6 nitrogen and oxygen atoms in total. The normalized spacial score (nSPS) is 17.0. The fourth-order valence-electron chi connectivity index (χ4n) is 4.51. The monoisotopic (exact) mass is 476 g/mol. The molecule has 0 spiro atoms. The molecule has 32 heavy (non-hydrogen) atoms. The zero-order chi connectivity index (χ0) is 22.7. The maximum absolute atomic E-state index is 13.5. The largest absolute Gasteiger partial charge is 0.483 e. The highest BCUT2D eigenvalue weighted by atomic mass is 35.5. The molecule has 0 unspecified atom stereocenters. The summed E-state index contributed by atoms with van der Waals surface area (Å²) in [6.07, 6.45) is 7.03. The summed E-state index contributed by atoms with van der Waals surface area (Å²) in [5.74, 6) is 0.151. The first-order chi connectivity index (χ1) is 15.4. The Morgan fingerprint density at radius 3 is 2.69 bits per heavy atom. The molecule has 0 bridgehead atoms. The average Bonchev–Trinajstić information content (AvgIpc) is 2.78. The van der Waals surface area contributed by atoms with Gasteiger partial charge < -0.3 is 10.1 Å². The molecule has 1 saturated carbocycles. The van der Waals surface area contributed by atoms with Gasteiger partial charge in [-0.1, -0.05) is 49.1 Å². The lowest BCUT2D eigenvalue weighted by Gasteiger charge is -2.31. The highest BCUT2D eigenvalue weighted by molar-refractivity contribution is 7.93. The van der Waals surface area contributed by atoms with Crippen LogP contribution in [0.15, 0.2) is 41.3 Å². The summed E-state index contributed by atoms with van der Waals surface area (Å²) in [5, 5.41) is 3.15. The quantitative estimate of drug-likeness (QED) is 0.660. The fourth-order valence-corrected chi connectivity index (χ4v) is 6.63. The molecule has 4 rings (SSSR count). The third kappa shape index (κ3) is 4.89. The van der Waals surface area contributed by atoms with Gasteiger partial charge >= 0.3 is 0 Å². The molecule has 2 aromatic carbocycles. The zero-order valence-corrected chi connectivity index (χ0v) is 19.8. The second kappa shape index (κ2) is 9.71. The minimum Gasteiger partial charge on any atom is -0.483 e. The van der Waals surface area contributed by atoms with Gasteiger partial charge in [0.1, 0.15) is 10.6 Å². The molecule has 8 heteroatoms. The number of nitrogens with zero attached hydrogens (tertiary/aromatic N) is 1. The number of nitrogens with one attached hydrogen (secondary N) is 1. The number of ether oxygens (including phenoxy) is 1. The van der Waals surface area contributed by atoms with Crippen molar-refractivity contribution in [2.75, 3.05) is 17.5 Å². The minimum absolute atomic E-state index is 0.0100. The van der Waals surface area contributed by atoms with E-state index in [9.17, 15) is 13.2 Å². The number of para-hydroxylation sites is 1. The van der Waals surface area contributed by atoms with Gasteiger partial charge in [-0.15, -0.1) is 0 Å². The average molecular weight is 477 g/mol. The number of rotatable bonds is 6. The summed E-state index contributed by atoms with van der Waals surface area (Å²) in [7, 11) is -3.89.